The zero-order chi connectivity index (χ0) is 22.9. The van der Waals surface area contributed by atoms with Crippen LogP contribution in [0.1, 0.15) is 36.5 Å². The van der Waals surface area contributed by atoms with Gasteiger partial charge in [0, 0.05) is 17.3 Å². The Morgan fingerprint density at radius 3 is 2.23 bits per heavy atom. The van der Waals surface area contributed by atoms with E-state index in [2.05, 4.69) is 0 Å². The molecule has 0 saturated heterocycles. The van der Waals surface area contributed by atoms with E-state index < -0.39 is 35.3 Å². The van der Waals surface area contributed by atoms with Crippen LogP contribution in [-0.4, -0.2) is 11.7 Å². The molecule has 156 valence electrons. The minimum absolute atomic E-state index is 0.0744. The Balaban J connectivity index is 2.21. The Hall–Kier alpha value is -3.91. The van der Waals surface area contributed by atoms with Crippen LogP contribution in [0.2, 0.25) is 0 Å². The first-order valence-electron chi connectivity index (χ1n) is 9.22. The minimum atomic E-state index is -4.62. The average molecular weight is 423 g/mol. The van der Waals surface area contributed by atoms with Gasteiger partial charge in [-0.1, -0.05) is 18.2 Å². The molecule has 3 rings (SSSR count). The van der Waals surface area contributed by atoms with Crippen LogP contribution in [0.5, 0.6) is 0 Å². The molecule has 1 amide bonds. The van der Waals surface area contributed by atoms with Crippen LogP contribution in [0.3, 0.4) is 0 Å². The van der Waals surface area contributed by atoms with Gasteiger partial charge >= 0.3 is 6.18 Å². The lowest BCUT2D eigenvalue weighted by Crippen LogP contribution is -2.46. The lowest BCUT2D eigenvalue weighted by Gasteiger charge is -2.37. The highest BCUT2D eigenvalue weighted by Gasteiger charge is 2.45. The van der Waals surface area contributed by atoms with Crippen molar-refractivity contribution in [1.82, 2.24) is 0 Å². The summed E-state index contributed by atoms with van der Waals surface area (Å²) in [5.74, 6) is -3.42. The van der Waals surface area contributed by atoms with Gasteiger partial charge in [-0.25, -0.2) is 0 Å². The number of Topliss-reactive ketones (excluding diaryl/α,β-unsaturated/α-hetero) is 1. The highest BCUT2D eigenvalue weighted by molar-refractivity contribution is 6.12. The topological polar surface area (TPSA) is 85.0 Å². The number of nitrogens with zero attached hydrogens (tertiary/aromatic N) is 3. The lowest BCUT2D eigenvalue weighted by molar-refractivity contribution is -0.138. The van der Waals surface area contributed by atoms with Crippen molar-refractivity contribution < 1.29 is 22.8 Å². The Morgan fingerprint density at radius 1 is 1.06 bits per heavy atom. The third kappa shape index (κ3) is 3.93. The molecule has 0 aliphatic carbocycles. The van der Waals surface area contributed by atoms with Crippen molar-refractivity contribution in [3.05, 3.63) is 76.5 Å². The molecule has 0 aromatic heterocycles. The van der Waals surface area contributed by atoms with Crippen LogP contribution >= 0.6 is 0 Å². The number of rotatable bonds is 3. The molecule has 1 heterocycles. The van der Waals surface area contributed by atoms with Gasteiger partial charge in [0.2, 0.25) is 5.91 Å². The third-order valence-corrected chi connectivity index (χ3v) is 5.24. The van der Waals surface area contributed by atoms with E-state index in [-0.39, 0.29) is 17.0 Å². The number of amides is 1. The number of nitriles is 2. The van der Waals surface area contributed by atoms with E-state index >= 15 is 0 Å². The zero-order valence-corrected chi connectivity index (χ0v) is 16.6. The lowest BCUT2D eigenvalue weighted by atomic mass is 9.74. The maximum absolute atomic E-state index is 13.3. The molecule has 0 spiro atoms. The number of carbonyl (C=O) groups is 2. The molecular weight excluding hydrogens is 407 g/mol. The summed E-state index contributed by atoms with van der Waals surface area (Å²) in [6.07, 6.45) is -4.62. The number of halogens is 3. The van der Waals surface area contributed by atoms with Crippen molar-refractivity contribution in [3.63, 3.8) is 0 Å². The van der Waals surface area contributed by atoms with Gasteiger partial charge in [-0.05, 0) is 49.7 Å². The Morgan fingerprint density at radius 2 is 1.71 bits per heavy atom. The molecule has 0 bridgehead atoms. The summed E-state index contributed by atoms with van der Waals surface area (Å²) in [7, 11) is 0. The largest absolute Gasteiger partial charge is 0.416 e. The molecule has 0 N–H and O–H groups in total. The number of anilines is 1. The van der Waals surface area contributed by atoms with Gasteiger partial charge in [-0.15, -0.1) is 0 Å². The fourth-order valence-electron chi connectivity index (χ4n) is 3.78. The van der Waals surface area contributed by atoms with Gasteiger partial charge in [-0.3, -0.25) is 14.5 Å². The maximum Gasteiger partial charge on any atom is 0.416 e. The quantitative estimate of drug-likeness (QED) is 0.669. The van der Waals surface area contributed by atoms with Crippen LogP contribution in [0, 0.1) is 28.6 Å². The number of benzene rings is 2. The van der Waals surface area contributed by atoms with Crippen LogP contribution in [0.4, 0.5) is 18.9 Å². The van der Waals surface area contributed by atoms with Crippen molar-refractivity contribution in [2.75, 3.05) is 4.90 Å². The van der Waals surface area contributed by atoms with Crippen molar-refractivity contribution in [1.29, 1.82) is 10.5 Å². The average Bonchev–Trinajstić information content (AvgIpc) is 2.73. The number of allylic oxidation sites excluding steroid dienone is 2. The van der Waals surface area contributed by atoms with E-state index in [0.29, 0.717) is 11.1 Å². The molecular formula is C23H16F3N3O2. The van der Waals surface area contributed by atoms with E-state index in [1.54, 1.807) is 12.1 Å². The van der Waals surface area contributed by atoms with Crippen molar-refractivity contribution in [2.45, 2.75) is 25.9 Å². The van der Waals surface area contributed by atoms with Gasteiger partial charge in [-0.2, -0.15) is 23.7 Å². The number of carbonyl (C=O) groups excluding carboxylic acids is 2. The van der Waals surface area contributed by atoms with Gasteiger partial charge in [0.05, 0.1) is 28.8 Å². The maximum atomic E-state index is 13.3. The Kier molecular flexibility index (Phi) is 5.68. The Bertz CT molecular complexity index is 1170. The second kappa shape index (κ2) is 8.08. The van der Waals surface area contributed by atoms with Crippen LogP contribution in [0.25, 0.3) is 0 Å². The summed E-state index contributed by atoms with van der Waals surface area (Å²) in [5, 5.41) is 18.8. The number of ketones is 1. The van der Waals surface area contributed by atoms with E-state index in [1.165, 1.54) is 38.1 Å². The summed E-state index contributed by atoms with van der Waals surface area (Å²) in [6.45, 7) is 2.67. The first kappa shape index (κ1) is 21.8. The zero-order valence-electron chi connectivity index (χ0n) is 16.6. The van der Waals surface area contributed by atoms with Crippen molar-refractivity contribution in [2.24, 2.45) is 5.92 Å². The van der Waals surface area contributed by atoms with Gasteiger partial charge in [0.1, 0.15) is 11.7 Å². The summed E-state index contributed by atoms with van der Waals surface area (Å²) in [6, 6.07) is 14.3. The molecule has 1 aliphatic heterocycles. The molecule has 2 atom stereocenters. The molecule has 2 unspecified atom stereocenters. The van der Waals surface area contributed by atoms with E-state index in [4.69, 9.17) is 5.26 Å². The number of alkyl halides is 3. The fraction of sp³-hybridized carbons (Fsp3) is 0.217. The highest BCUT2D eigenvalue weighted by atomic mass is 19.4. The standard InChI is InChI=1S/C23H16F3N3O2/c1-13-19(12-28)21(16-8-6-15(11-27)7-9-16)20(14(2)30)22(31)29(13)18-5-3-4-17(10-18)23(24,25)26/h3-10,20-21H,1-2H3. The predicted molar refractivity (Wildman–Crippen MR) is 105 cm³/mol. The number of hydrogen-bond acceptors (Lipinski definition) is 4. The second-order valence-corrected chi connectivity index (χ2v) is 7.13. The fourth-order valence-corrected chi connectivity index (χ4v) is 3.78. The smallest absolute Gasteiger partial charge is 0.299 e. The summed E-state index contributed by atoms with van der Waals surface area (Å²) >= 11 is 0. The molecule has 0 radical (unpaired) electrons. The minimum Gasteiger partial charge on any atom is -0.299 e. The molecule has 1 aliphatic rings. The van der Waals surface area contributed by atoms with Crippen molar-refractivity contribution in [3.8, 4) is 12.1 Å². The van der Waals surface area contributed by atoms with Crippen LogP contribution in [0.15, 0.2) is 59.8 Å². The molecule has 2 aromatic rings. The SMILES string of the molecule is CC(=O)C1C(=O)N(c2cccc(C(F)(F)F)c2)C(C)=C(C#N)C1c1ccc(C#N)cc1. The summed E-state index contributed by atoms with van der Waals surface area (Å²) in [5.41, 5.74) is 0.0927. The summed E-state index contributed by atoms with van der Waals surface area (Å²) < 4.78 is 39.5. The van der Waals surface area contributed by atoms with Crippen LogP contribution < -0.4 is 4.90 Å². The second-order valence-electron chi connectivity index (χ2n) is 7.13. The number of hydrogen-bond donors (Lipinski definition) is 0. The normalized spacial score (nSPS) is 19.1. The van der Waals surface area contributed by atoms with Gasteiger partial charge < -0.3 is 0 Å². The first-order chi connectivity index (χ1) is 14.6. The predicted octanol–water partition coefficient (Wildman–Crippen LogP) is 4.71. The van der Waals surface area contributed by atoms with E-state index in [0.717, 1.165) is 17.0 Å². The first-order valence-corrected chi connectivity index (χ1v) is 9.22. The molecule has 0 fully saturated rings. The van der Waals surface area contributed by atoms with Gasteiger partial charge in [0.25, 0.3) is 0 Å². The summed E-state index contributed by atoms with van der Waals surface area (Å²) in [4.78, 5) is 26.8. The van der Waals surface area contributed by atoms with E-state index in [1.807, 2.05) is 12.1 Å². The molecule has 5 nitrogen and oxygen atoms in total. The van der Waals surface area contributed by atoms with Gasteiger partial charge in [0.15, 0.2) is 0 Å². The van der Waals surface area contributed by atoms with Crippen molar-refractivity contribution >= 4 is 17.4 Å². The molecule has 8 heteroatoms. The highest BCUT2D eigenvalue weighted by Crippen LogP contribution is 2.43. The molecule has 31 heavy (non-hydrogen) atoms. The monoisotopic (exact) mass is 423 g/mol. The van der Waals surface area contributed by atoms with Crippen LogP contribution in [-0.2, 0) is 15.8 Å². The Labute approximate surface area is 176 Å². The van der Waals surface area contributed by atoms with E-state index in [9.17, 15) is 28.0 Å². The molecule has 0 saturated carbocycles. The molecule has 2 aromatic carbocycles. The third-order valence-electron chi connectivity index (χ3n) is 5.24.